The Morgan fingerprint density at radius 3 is 2.64 bits per heavy atom. The van der Waals surface area contributed by atoms with Crippen LogP contribution in [0.4, 0.5) is 0 Å². The van der Waals surface area contributed by atoms with E-state index in [-0.39, 0.29) is 30.1 Å². The normalized spacial score (nSPS) is 11.1. The predicted octanol–water partition coefficient (Wildman–Crippen LogP) is 3.26. The lowest BCUT2D eigenvalue weighted by molar-refractivity contribution is 0.240. The highest BCUT2D eigenvalue weighted by atomic mass is 127. The lowest BCUT2D eigenvalue weighted by Gasteiger charge is -2.15. The van der Waals surface area contributed by atoms with E-state index in [0.717, 1.165) is 23.0 Å². The van der Waals surface area contributed by atoms with Crippen LogP contribution in [-0.4, -0.2) is 33.4 Å². The molecule has 8 heteroatoms. The molecule has 0 saturated carbocycles. The molecule has 1 aromatic heterocycles. The molecule has 0 amide bonds. The number of rotatable bonds is 8. The molecule has 0 fully saturated rings. The second kappa shape index (κ2) is 11.7. The first kappa shape index (κ1) is 23.9. The zero-order valence-electron chi connectivity index (χ0n) is 17.3. The van der Waals surface area contributed by atoms with E-state index in [4.69, 9.17) is 4.74 Å². The first-order chi connectivity index (χ1) is 12.9. The third-order valence-electron chi connectivity index (χ3n) is 4.00. The van der Waals surface area contributed by atoms with Crippen molar-refractivity contribution in [2.75, 3.05) is 6.54 Å². The van der Waals surface area contributed by atoms with E-state index in [2.05, 4.69) is 57.5 Å². The van der Waals surface area contributed by atoms with Crippen molar-refractivity contribution in [1.29, 1.82) is 0 Å². The summed E-state index contributed by atoms with van der Waals surface area (Å²) in [6.45, 7) is 13.4. The zero-order valence-corrected chi connectivity index (χ0v) is 19.7. The lowest BCUT2D eigenvalue weighted by Crippen LogP contribution is -2.37. The molecule has 1 aromatic carbocycles. The molecule has 154 valence electrons. The molecule has 0 bridgehead atoms. The first-order valence-corrected chi connectivity index (χ1v) is 9.14. The summed E-state index contributed by atoms with van der Waals surface area (Å²) in [5.74, 6) is 3.28. The van der Waals surface area contributed by atoms with Crippen LogP contribution < -0.4 is 15.4 Å². The minimum atomic E-state index is 0. The summed E-state index contributed by atoms with van der Waals surface area (Å²) in [5, 5.41) is 14.8. The van der Waals surface area contributed by atoms with E-state index in [1.165, 1.54) is 5.56 Å². The van der Waals surface area contributed by atoms with E-state index in [0.29, 0.717) is 25.6 Å². The topological polar surface area (TPSA) is 76.4 Å². The number of halogens is 1. The second-order valence-corrected chi connectivity index (χ2v) is 6.69. The van der Waals surface area contributed by atoms with Gasteiger partial charge in [0.25, 0.3) is 0 Å². The van der Waals surface area contributed by atoms with Crippen molar-refractivity contribution in [1.82, 2.24) is 25.4 Å². The number of nitrogens with zero attached hydrogens (tertiary/aromatic N) is 4. The van der Waals surface area contributed by atoms with Gasteiger partial charge in [0.2, 0.25) is 0 Å². The molecule has 0 aliphatic rings. The Morgan fingerprint density at radius 2 is 2.04 bits per heavy atom. The molecule has 0 atom stereocenters. The largest absolute Gasteiger partial charge is 0.491 e. The van der Waals surface area contributed by atoms with Crippen LogP contribution in [-0.2, 0) is 20.1 Å². The van der Waals surface area contributed by atoms with E-state index >= 15 is 0 Å². The number of aromatic nitrogens is 3. The van der Waals surface area contributed by atoms with Gasteiger partial charge >= 0.3 is 0 Å². The maximum Gasteiger partial charge on any atom is 0.192 e. The number of nitrogens with one attached hydrogen (secondary N) is 2. The summed E-state index contributed by atoms with van der Waals surface area (Å²) < 4.78 is 7.89. The van der Waals surface area contributed by atoms with Crippen LogP contribution in [0, 0.1) is 13.8 Å². The Morgan fingerprint density at radius 1 is 1.29 bits per heavy atom. The van der Waals surface area contributed by atoms with E-state index in [1.54, 1.807) is 6.08 Å². The molecule has 0 unspecified atom stereocenters. The van der Waals surface area contributed by atoms with Crippen LogP contribution in [0.1, 0.15) is 36.6 Å². The molecule has 28 heavy (non-hydrogen) atoms. The lowest BCUT2D eigenvalue weighted by atomic mass is 10.1. The van der Waals surface area contributed by atoms with Gasteiger partial charge in [0, 0.05) is 19.2 Å². The molecule has 0 radical (unpaired) electrons. The standard InChI is InChI=1S/C20H30N6O.HI/c1-7-10-21-20(23-13-19-25-24-16(5)26(19)6)22-12-17-9-8-15(4)11-18(17)27-14(2)3;/h7-9,11,14H,1,10,12-13H2,2-6H3,(H2,21,22,23);1H. The minimum absolute atomic E-state index is 0. The molecule has 7 nitrogen and oxygen atoms in total. The molecule has 2 aromatic rings. The molecule has 0 spiro atoms. The maximum atomic E-state index is 5.94. The number of guanidine groups is 1. The van der Waals surface area contributed by atoms with E-state index in [9.17, 15) is 0 Å². The van der Waals surface area contributed by atoms with Gasteiger partial charge in [-0.3, -0.25) is 0 Å². The summed E-state index contributed by atoms with van der Waals surface area (Å²) in [5.41, 5.74) is 2.21. The molecule has 0 aliphatic heterocycles. The van der Waals surface area contributed by atoms with Crippen molar-refractivity contribution in [3.8, 4) is 5.75 Å². The fraction of sp³-hybridized carbons (Fsp3) is 0.450. The molecule has 1 heterocycles. The van der Waals surface area contributed by atoms with Crippen molar-refractivity contribution in [3.63, 3.8) is 0 Å². The molecule has 2 rings (SSSR count). The average Bonchev–Trinajstić information content (AvgIpc) is 2.94. The van der Waals surface area contributed by atoms with Gasteiger partial charge in [0.15, 0.2) is 11.8 Å². The van der Waals surface area contributed by atoms with Gasteiger partial charge in [-0.05, 0) is 39.3 Å². The van der Waals surface area contributed by atoms with Crippen LogP contribution in [0.5, 0.6) is 5.75 Å². The number of aryl methyl sites for hydroxylation is 2. The number of benzene rings is 1. The number of hydrogen-bond acceptors (Lipinski definition) is 4. The Kier molecular flexibility index (Phi) is 9.98. The molecular weight excluding hydrogens is 467 g/mol. The van der Waals surface area contributed by atoms with Gasteiger partial charge < -0.3 is 19.9 Å². The Balaban J connectivity index is 0.00000392. The molecule has 2 N–H and O–H groups in total. The highest BCUT2D eigenvalue weighted by molar-refractivity contribution is 14.0. The average molecular weight is 498 g/mol. The summed E-state index contributed by atoms with van der Waals surface area (Å²) in [6, 6.07) is 6.19. The maximum absolute atomic E-state index is 5.94. The van der Waals surface area contributed by atoms with Crippen molar-refractivity contribution < 1.29 is 4.74 Å². The van der Waals surface area contributed by atoms with Crippen LogP contribution in [0.25, 0.3) is 0 Å². The second-order valence-electron chi connectivity index (χ2n) is 6.69. The SMILES string of the molecule is C=CCNC(=NCc1ccc(C)cc1OC(C)C)NCc1nnc(C)n1C.I. The highest BCUT2D eigenvalue weighted by Crippen LogP contribution is 2.22. The smallest absolute Gasteiger partial charge is 0.192 e. The Labute approximate surface area is 184 Å². The summed E-state index contributed by atoms with van der Waals surface area (Å²) in [6.07, 6.45) is 1.91. The van der Waals surface area contributed by atoms with Gasteiger partial charge in [0.05, 0.1) is 19.2 Å². The quantitative estimate of drug-likeness (QED) is 0.253. The van der Waals surface area contributed by atoms with Gasteiger partial charge in [0.1, 0.15) is 11.6 Å². The van der Waals surface area contributed by atoms with Crippen molar-refractivity contribution in [3.05, 3.63) is 53.6 Å². The minimum Gasteiger partial charge on any atom is -0.491 e. The van der Waals surface area contributed by atoms with Gasteiger partial charge in [-0.25, -0.2) is 4.99 Å². The van der Waals surface area contributed by atoms with Crippen molar-refractivity contribution >= 4 is 29.9 Å². The molecule has 0 saturated heterocycles. The summed E-state index contributed by atoms with van der Waals surface area (Å²) >= 11 is 0. The highest BCUT2D eigenvalue weighted by Gasteiger charge is 2.08. The van der Waals surface area contributed by atoms with Crippen molar-refractivity contribution in [2.45, 2.75) is 46.9 Å². The third-order valence-corrected chi connectivity index (χ3v) is 4.00. The van der Waals surface area contributed by atoms with Crippen LogP contribution in [0.15, 0.2) is 35.8 Å². The Hall–Kier alpha value is -2.10. The summed E-state index contributed by atoms with van der Waals surface area (Å²) in [4.78, 5) is 4.69. The third kappa shape index (κ3) is 7.14. The van der Waals surface area contributed by atoms with Gasteiger partial charge in [-0.1, -0.05) is 18.2 Å². The fourth-order valence-corrected chi connectivity index (χ4v) is 2.43. The van der Waals surface area contributed by atoms with E-state index < -0.39 is 0 Å². The van der Waals surface area contributed by atoms with Crippen LogP contribution >= 0.6 is 24.0 Å². The monoisotopic (exact) mass is 498 g/mol. The van der Waals surface area contributed by atoms with Crippen LogP contribution in [0.3, 0.4) is 0 Å². The fourth-order valence-electron chi connectivity index (χ4n) is 2.43. The number of ether oxygens (including phenoxy) is 1. The predicted molar refractivity (Wildman–Crippen MR) is 124 cm³/mol. The van der Waals surface area contributed by atoms with E-state index in [1.807, 2.05) is 32.4 Å². The van der Waals surface area contributed by atoms with Crippen LogP contribution in [0.2, 0.25) is 0 Å². The summed E-state index contributed by atoms with van der Waals surface area (Å²) in [7, 11) is 1.95. The molecular formula is C20H31IN6O. The Bertz CT molecular complexity index is 800. The van der Waals surface area contributed by atoms with Gasteiger partial charge in [-0.15, -0.1) is 40.8 Å². The number of hydrogen-bond donors (Lipinski definition) is 2. The first-order valence-electron chi connectivity index (χ1n) is 9.14. The van der Waals surface area contributed by atoms with Gasteiger partial charge in [-0.2, -0.15) is 0 Å². The number of aliphatic imine (C=N–C) groups is 1. The molecule has 0 aliphatic carbocycles. The zero-order chi connectivity index (χ0) is 19.8. The van der Waals surface area contributed by atoms with Crippen molar-refractivity contribution in [2.24, 2.45) is 12.0 Å².